The van der Waals surface area contributed by atoms with Crippen LogP contribution in [0.4, 0.5) is 13.2 Å². The van der Waals surface area contributed by atoms with Crippen LogP contribution in [0.2, 0.25) is 0 Å². The zero-order valence-corrected chi connectivity index (χ0v) is 16.9. The molecule has 0 bridgehead atoms. The molecule has 0 unspecified atom stereocenters. The van der Waals surface area contributed by atoms with E-state index in [4.69, 9.17) is 0 Å². The summed E-state index contributed by atoms with van der Waals surface area (Å²) < 4.78 is 42.6. The summed E-state index contributed by atoms with van der Waals surface area (Å²) in [5, 5.41) is 15.0. The zero-order valence-electron chi connectivity index (χ0n) is 15.3. The average Bonchev–Trinajstić information content (AvgIpc) is 2.87. The number of hydrogen-bond donors (Lipinski definition) is 1. The quantitative estimate of drug-likeness (QED) is 0.661. The topological polar surface area (TPSA) is 52.9 Å². The molecule has 1 amide bonds. The van der Waals surface area contributed by atoms with Crippen molar-refractivity contribution in [3.05, 3.63) is 34.3 Å². The molecule has 1 saturated carbocycles. The highest BCUT2D eigenvalue weighted by molar-refractivity contribution is 9.10. The smallest absolute Gasteiger partial charge is 0.362 e. The lowest BCUT2D eigenvalue weighted by Crippen LogP contribution is -2.62. The minimum atomic E-state index is -5.02. The van der Waals surface area contributed by atoms with Gasteiger partial charge in [0.05, 0.1) is 5.92 Å². The molecule has 27 heavy (non-hydrogen) atoms. The Morgan fingerprint density at radius 3 is 2.56 bits per heavy atom. The summed E-state index contributed by atoms with van der Waals surface area (Å²) in [7, 11) is 0. The summed E-state index contributed by atoms with van der Waals surface area (Å²) in [4.78, 5) is 12.8. The number of aliphatic hydroxyl groups is 1. The van der Waals surface area contributed by atoms with Crippen LogP contribution in [-0.4, -0.2) is 33.6 Å². The van der Waals surface area contributed by atoms with Crippen LogP contribution < -0.4 is 0 Å². The van der Waals surface area contributed by atoms with E-state index in [1.165, 1.54) is 12.1 Å². The van der Waals surface area contributed by atoms with Crippen molar-refractivity contribution in [2.75, 3.05) is 0 Å². The Morgan fingerprint density at radius 1 is 1.33 bits per heavy atom. The van der Waals surface area contributed by atoms with E-state index < -0.39 is 23.7 Å². The number of hydrazone groups is 1. The molecule has 1 aliphatic carbocycles. The van der Waals surface area contributed by atoms with Crippen molar-refractivity contribution >= 4 is 27.5 Å². The monoisotopic (exact) mass is 446 g/mol. The summed E-state index contributed by atoms with van der Waals surface area (Å²) in [5.74, 6) is -2.21. The minimum Gasteiger partial charge on any atom is -0.362 e. The molecule has 0 saturated heterocycles. The Balaban J connectivity index is 2.02. The van der Waals surface area contributed by atoms with Gasteiger partial charge in [-0.2, -0.15) is 23.3 Å². The Hall–Kier alpha value is -1.41. The molecule has 0 radical (unpaired) electrons. The second-order valence-electron chi connectivity index (χ2n) is 8.33. The fourth-order valence-corrected chi connectivity index (χ4v) is 4.35. The number of nitrogens with zero attached hydrogens (tertiary/aromatic N) is 2. The van der Waals surface area contributed by atoms with Gasteiger partial charge in [-0.15, -0.1) is 0 Å². The highest BCUT2D eigenvalue weighted by Crippen LogP contribution is 2.52. The second-order valence-corrected chi connectivity index (χ2v) is 9.25. The lowest BCUT2D eigenvalue weighted by molar-refractivity contribution is -0.314. The molecule has 0 spiro atoms. The van der Waals surface area contributed by atoms with Crippen LogP contribution >= 0.6 is 15.9 Å². The molecule has 8 heteroatoms. The zero-order chi connectivity index (χ0) is 20.2. The van der Waals surface area contributed by atoms with Crippen LogP contribution in [0.3, 0.4) is 0 Å². The van der Waals surface area contributed by atoms with E-state index in [9.17, 15) is 23.1 Å². The maximum absolute atomic E-state index is 14.0. The van der Waals surface area contributed by atoms with Gasteiger partial charge >= 0.3 is 6.18 Å². The number of hydrogen-bond acceptors (Lipinski definition) is 3. The Labute approximate surface area is 164 Å². The van der Waals surface area contributed by atoms with E-state index >= 15 is 0 Å². The highest BCUT2D eigenvalue weighted by atomic mass is 79.9. The molecule has 1 N–H and O–H groups in total. The molecular formula is C19H22BrF3N2O2. The third kappa shape index (κ3) is 3.42. The van der Waals surface area contributed by atoms with Crippen molar-refractivity contribution < 1.29 is 23.1 Å². The van der Waals surface area contributed by atoms with Gasteiger partial charge in [-0.3, -0.25) is 4.79 Å². The van der Waals surface area contributed by atoms with E-state index in [1.54, 1.807) is 12.1 Å². The summed E-state index contributed by atoms with van der Waals surface area (Å²) in [6.07, 6.45) is -3.86. The van der Waals surface area contributed by atoms with Crippen molar-refractivity contribution in [1.82, 2.24) is 5.01 Å². The number of halogens is 4. The second kappa shape index (κ2) is 6.58. The molecule has 1 aliphatic heterocycles. The van der Waals surface area contributed by atoms with Crippen molar-refractivity contribution in [3.8, 4) is 0 Å². The first-order valence-electron chi connectivity index (χ1n) is 8.82. The summed E-state index contributed by atoms with van der Waals surface area (Å²) in [6, 6.07) is 6.04. The van der Waals surface area contributed by atoms with Gasteiger partial charge in [0.15, 0.2) is 0 Å². The summed E-state index contributed by atoms with van der Waals surface area (Å²) >= 11 is 3.21. The Morgan fingerprint density at radius 2 is 2.00 bits per heavy atom. The van der Waals surface area contributed by atoms with Gasteiger partial charge in [-0.05, 0) is 48.8 Å². The number of carbonyl (C=O) groups excluding carboxylic acids is 1. The van der Waals surface area contributed by atoms with Crippen molar-refractivity contribution in [1.29, 1.82) is 0 Å². The summed E-state index contributed by atoms with van der Waals surface area (Å²) in [6.45, 7) is 5.93. The maximum atomic E-state index is 14.0. The van der Waals surface area contributed by atoms with Crippen LogP contribution in [0.25, 0.3) is 0 Å². The van der Waals surface area contributed by atoms with Gasteiger partial charge in [-0.1, -0.05) is 42.8 Å². The van der Waals surface area contributed by atoms with Gasteiger partial charge < -0.3 is 5.11 Å². The van der Waals surface area contributed by atoms with Gasteiger partial charge in [0.2, 0.25) is 0 Å². The fourth-order valence-electron chi connectivity index (χ4n) is 3.95. The fraction of sp³-hybridized carbons (Fsp3) is 0.579. The Kier molecular flexibility index (Phi) is 4.96. The number of carbonyl (C=O) groups is 1. The van der Waals surface area contributed by atoms with E-state index in [0.717, 1.165) is 0 Å². The van der Waals surface area contributed by atoms with Crippen LogP contribution in [0.5, 0.6) is 0 Å². The number of alkyl halides is 3. The maximum Gasteiger partial charge on any atom is 0.439 e. The van der Waals surface area contributed by atoms with Gasteiger partial charge in [-0.25, -0.2) is 0 Å². The van der Waals surface area contributed by atoms with Crippen molar-refractivity contribution in [2.24, 2.45) is 22.4 Å². The first kappa shape index (κ1) is 20.3. The molecule has 1 aromatic rings. The third-order valence-corrected chi connectivity index (χ3v) is 6.11. The molecule has 3 rings (SSSR count). The van der Waals surface area contributed by atoms with E-state index in [2.05, 4.69) is 21.0 Å². The van der Waals surface area contributed by atoms with E-state index in [-0.39, 0.29) is 34.0 Å². The molecule has 1 aromatic carbocycles. The van der Waals surface area contributed by atoms with Crippen LogP contribution in [0.15, 0.2) is 33.8 Å². The predicted octanol–water partition coefficient (Wildman–Crippen LogP) is 4.97. The first-order valence-corrected chi connectivity index (χ1v) is 9.61. The van der Waals surface area contributed by atoms with Gasteiger partial charge in [0.25, 0.3) is 11.6 Å². The lowest BCUT2D eigenvalue weighted by atomic mass is 9.66. The largest absolute Gasteiger partial charge is 0.439 e. The molecular weight excluding hydrogens is 425 g/mol. The number of benzene rings is 1. The number of rotatable bonds is 1. The molecule has 1 heterocycles. The molecule has 4 nitrogen and oxygen atoms in total. The van der Waals surface area contributed by atoms with Crippen LogP contribution in [0, 0.1) is 17.3 Å². The van der Waals surface area contributed by atoms with Crippen molar-refractivity contribution in [2.45, 2.75) is 51.9 Å². The molecule has 0 aromatic heterocycles. The molecule has 1 fully saturated rings. The minimum absolute atomic E-state index is 0.00348. The van der Waals surface area contributed by atoms with E-state index in [1.807, 2.05) is 20.8 Å². The molecule has 2 aliphatic rings. The normalized spacial score (nSPS) is 28.7. The van der Waals surface area contributed by atoms with Gasteiger partial charge in [0.1, 0.15) is 0 Å². The van der Waals surface area contributed by atoms with Crippen molar-refractivity contribution in [3.63, 3.8) is 0 Å². The Bertz CT molecular complexity index is 788. The SMILES string of the molecule is CC(C)(C)[C@@H]1CCC2=NN(C(=O)c3cccc(Br)c3)[C@@](O)(C(F)(F)F)[C@@H]2C1. The highest BCUT2D eigenvalue weighted by Gasteiger charge is 2.69. The van der Waals surface area contributed by atoms with Gasteiger partial charge in [0, 0.05) is 15.7 Å². The standard InChI is InChI=1S/C19H22BrF3N2O2/c1-17(2,3)12-7-8-15-14(10-12)18(27,19(21,22)23)25(24-15)16(26)11-5-4-6-13(20)9-11/h4-6,9,12,14,27H,7-8,10H2,1-3H3/t12-,14-,18+/m1/s1. The number of amides is 1. The van der Waals surface area contributed by atoms with E-state index in [0.29, 0.717) is 17.3 Å². The molecule has 148 valence electrons. The number of fused-ring (bicyclic) bond motifs is 1. The lowest BCUT2D eigenvalue weighted by Gasteiger charge is -2.42. The molecule has 3 atom stereocenters. The summed E-state index contributed by atoms with van der Waals surface area (Å²) in [5.41, 5.74) is -3.24. The van der Waals surface area contributed by atoms with Crippen LogP contribution in [0.1, 0.15) is 50.4 Å². The predicted molar refractivity (Wildman–Crippen MR) is 99.0 cm³/mol. The third-order valence-electron chi connectivity index (χ3n) is 5.61. The van der Waals surface area contributed by atoms with Crippen LogP contribution in [-0.2, 0) is 0 Å². The average molecular weight is 447 g/mol. The first-order chi connectivity index (χ1) is 12.4.